The molecule has 0 spiro atoms. The van der Waals surface area contributed by atoms with E-state index in [-0.39, 0.29) is 5.75 Å². The molecule has 1 aliphatic carbocycles. The van der Waals surface area contributed by atoms with Crippen LogP contribution in [-0.2, 0) is 0 Å². The lowest BCUT2D eigenvalue weighted by molar-refractivity contribution is 0.319. The van der Waals surface area contributed by atoms with Crippen LogP contribution < -0.4 is 4.74 Å². The first-order valence-electron chi connectivity index (χ1n) is 8.09. The standard InChI is InChI=1S/C19H22F2O/c1-3-12-4-6-13(7-5-12)14-8-9-15-11-17(22-2)19(21)18(20)16(15)10-14/h8-13H,3-7H2,1-2H3. The summed E-state index contributed by atoms with van der Waals surface area (Å²) in [6.45, 7) is 2.24. The number of hydrogen-bond acceptors (Lipinski definition) is 1. The summed E-state index contributed by atoms with van der Waals surface area (Å²) in [6.07, 6.45) is 6.00. The van der Waals surface area contributed by atoms with E-state index in [1.807, 2.05) is 12.1 Å². The summed E-state index contributed by atoms with van der Waals surface area (Å²) >= 11 is 0. The van der Waals surface area contributed by atoms with Crippen molar-refractivity contribution in [2.24, 2.45) is 5.92 Å². The molecule has 1 saturated carbocycles. The summed E-state index contributed by atoms with van der Waals surface area (Å²) in [6, 6.07) is 7.31. The fraction of sp³-hybridized carbons (Fsp3) is 0.474. The number of fused-ring (bicyclic) bond motifs is 1. The van der Waals surface area contributed by atoms with Crippen LogP contribution in [0, 0.1) is 17.6 Å². The van der Waals surface area contributed by atoms with Gasteiger partial charge in [-0.05, 0) is 60.6 Å². The van der Waals surface area contributed by atoms with Crippen molar-refractivity contribution in [3.63, 3.8) is 0 Å². The molecule has 2 aromatic rings. The number of rotatable bonds is 3. The molecule has 0 saturated heterocycles. The van der Waals surface area contributed by atoms with Crippen molar-refractivity contribution in [2.45, 2.75) is 44.9 Å². The van der Waals surface area contributed by atoms with Crippen LogP contribution in [0.5, 0.6) is 5.75 Å². The Hall–Kier alpha value is -1.64. The Kier molecular flexibility index (Phi) is 4.32. The Labute approximate surface area is 130 Å². The molecule has 0 N–H and O–H groups in total. The molecule has 118 valence electrons. The van der Waals surface area contributed by atoms with E-state index in [1.165, 1.54) is 26.4 Å². The van der Waals surface area contributed by atoms with Crippen LogP contribution in [0.2, 0.25) is 0 Å². The Morgan fingerprint density at radius 3 is 2.41 bits per heavy atom. The molecule has 1 nitrogen and oxygen atoms in total. The maximum atomic E-state index is 14.3. The van der Waals surface area contributed by atoms with Gasteiger partial charge < -0.3 is 4.74 Å². The van der Waals surface area contributed by atoms with Crippen molar-refractivity contribution in [1.29, 1.82) is 0 Å². The lowest BCUT2D eigenvalue weighted by atomic mass is 9.77. The molecule has 0 unspecified atom stereocenters. The number of ether oxygens (including phenoxy) is 1. The molecule has 3 heteroatoms. The van der Waals surface area contributed by atoms with Gasteiger partial charge >= 0.3 is 0 Å². The number of halogens is 2. The summed E-state index contributed by atoms with van der Waals surface area (Å²) in [7, 11) is 1.35. The van der Waals surface area contributed by atoms with Crippen LogP contribution in [0.25, 0.3) is 10.8 Å². The minimum Gasteiger partial charge on any atom is -0.494 e. The van der Waals surface area contributed by atoms with Crippen LogP contribution in [0.4, 0.5) is 8.78 Å². The first kappa shape index (κ1) is 15.3. The molecule has 0 radical (unpaired) electrons. The highest BCUT2D eigenvalue weighted by atomic mass is 19.2. The highest BCUT2D eigenvalue weighted by Gasteiger charge is 2.22. The largest absolute Gasteiger partial charge is 0.494 e. The van der Waals surface area contributed by atoms with E-state index in [1.54, 1.807) is 6.07 Å². The van der Waals surface area contributed by atoms with E-state index < -0.39 is 11.6 Å². The normalized spacial score (nSPS) is 22.0. The van der Waals surface area contributed by atoms with Crippen LogP contribution in [0.3, 0.4) is 0 Å². The van der Waals surface area contributed by atoms with E-state index in [0.717, 1.165) is 24.3 Å². The van der Waals surface area contributed by atoms with E-state index >= 15 is 0 Å². The minimum absolute atomic E-state index is 0.0406. The second-order valence-electron chi connectivity index (χ2n) is 6.31. The maximum absolute atomic E-state index is 14.3. The zero-order valence-corrected chi connectivity index (χ0v) is 13.2. The van der Waals surface area contributed by atoms with Crippen LogP contribution >= 0.6 is 0 Å². The van der Waals surface area contributed by atoms with Crippen LogP contribution in [0.15, 0.2) is 24.3 Å². The van der Waals surface area contributed by atoms with Gasteiger partial charge in [-0.2, -0.15) is 4.39 Å². The van der Waals surface area contributed by atoms with Gasteiger partial charge in [0.15, 0.2) is 11.6 Å². The zero-order valence-electron chi connectivity index (χ0n) is 13.2. The fourth-order valence-electron chi connectivity index (χ4n) is 3.63. The van der Waals surface area contributed by atoms with Gasteiger partial charge in [0.2, 0.25) is 5.82 Å². The summed E-state index contributed by atoms with van der Waals surface area (Å²) < 4.78 is 33.0. The van der Waals surface area contributed by atoms with Crippen molar-refractivity contribution < 1.29 is 13.5 Å². The second-order valence-corrected chi connectivity index (χ2v) is 6.31. The summed E-state index contributed by atoms with van der Waals surface area (Å²) in [4.78, 5) is 0. The van der Waals surface area contributed by atoms with Gasteiger partial charge in [-0.25, -0.2) is 4.39 Å². The SMILES string of the molecule is CCC1CCC(c2ccc3cc(OC)c(F)c(F)c3c2)CC1. The van der Waals surface area contributed by atoms with Crippen molar-refractivity contribution in [2.75, 3.05) is 7.11 Å². The van der Waals surface area contributed by atoms with E-state index in [9.17, 15) is 8.78 Å². The first-order chi connectivity index (χ1) is 10.6. The fourth-order valence-corrected chi connectivity index (χ4v) is 3.63. The monoisotopic (exact) mass is 304 g/mol. The van der Waals surface area contributed by atoms with Crippen LogP contribution in [-0.4, -0.2) is 7.11 Å². The molecule has 0 atom stereocenters. The number of methoxy groups -OCH3 is 1. The van der Waals surface area contributed by atoms with Gasteiger partial charge in [-0.1, -0.05) is 25.5 Å². The van der Waals surface area contributed by atoms with Crippen molar-refractivity contribution >= 4 is 10.8 Å². The van der Waals surface area contributed by atoms with Crippen LogP contribution in [0.1, 0.15) is 50.5 Å². The molecule has 0 aromatic heterocycles. The minimum atomic E-state index is -0.901. The third kappa shape index (κ3) is 2.69. The Balaban J connectivity index is 1.95. The molecule has 0 heterocycles. The Bertz CT molecular complexity index is 673. The van der Waals surface area contributed by atoms with Crippen molar-refractivity contribution in [3.8, 4) is 5.75 Å². The molecule has 1 fully saturated rings. The van der Waals surface area contributed by atoms with Gasteiger partial charge in [0.1, 0.15) is 0 Å². The molecular weight excluding hydrogens is 282 g/mol. The third-order valence-electron chi connectivity index (χ3n) is 5.12. The van der Waals surface area contributed by atoms with E-state index in [2.05, 4.69) is 13.0 Å². The lowest BCUT2D eigenvalue weighted by Gasteiger charge is -2.28. The lowest BCUT2D eigenvalue weighted by Crippen LogP contribution is -2.12. The molecule has 22 heavy (non-hydrogen) atoms. The van der Waals surface area contributed by atoms with Crippen molar-refractivity contribution in [3.05, 3.63) is 41.5 Å². The Morgan fingerprint density at radius 2 is 1.77 bits per heavy atom. The molecule has 1 aliphatic rings. The molecular formula is C19H22F2O. The quantitative estimate of drug-likeness (QED) is 0.695. The molecule has 0 amide bonds. The topological polar surface area (TPSA) is 9.23 Å². The summed E-state index contributed by atoms with van der Waals surface area (Å²) in [5, 5.41) is 1.04. The van der Waals surface area contributed by atoms with E-state index in [0.29, 0.717) is 16.7 Å². The molecule has 0 bridgehead atoms. The predicted octanol–water partition coefficient (Wildman–Crippen LogP) is 5.81. The summed E-state index contributed by atoms with van der Waals surface area (Å²) in [5.41, 5.74) is 1.13. The van der Waals surface area contributed by atoms with Gasteiger partial charge in [0.05, 0.1) is 7.11 Å². The average Bonchev–Trinajstić information content (AvgIpc) is 2.58. The predicted molar refractivity (Wildman–Crippen MR) is 85.4 cm³/mol. The molecule has 2 aromatic carbocycles. The molecule has 3 rings (SSSR count). The van der Waals surface area contributed by atoms with Gasteiger partial charge in [0.25, 0.3) is 0 Å². The van der Waals surface area contributed by atoms with Gasteiger partial charge in [-0.15, -0.1) is 0 Å². The first-order valence-corrected chi connectivity index (χ1v) is 8.09. The maximum Gasteiger partial charge on any atom is 0.201 e. The molecule has 0 aliphatic heterocycles. The number of hydrogen-bond donors (Lipinski definition) is 0. The zero-order chi connectivity index (χ0) is 15.7. The summed E-state index contributed by atoms with van der Waals surface area (Å²) in [5.74, 6) is -0.451. The van der Waals surface area contributed by atoms with Gasteiger partial charge in [0, 0.05) is 5.39 Å². The highest BCUT2D eigenvalue weighted by Crippen LogP contribution is 2.38. The second kappa shape index (κ2) is 6.23. The highest BCUT2D eigenvalue weighted by molar-refractivity contribution is 5.85. The average molecular weight is 304 g/mol. The number of benzene rings is 2. The van der Waals surface area contributed by atoms with E-state index in [4.69, 9.17) is 4.74 Å². The third-order valence-corrected chi connectivity index (χ3v) is 5.12. The van der Waals surface area contributed by atoms with Crippen molar-refractivity contribution in [1.82, 2.24) is 0 Å². The Morgan fingerprint density at radius 1 is 1.05 bits per heavy atom. The van der Waals surface area contributed by atoms with Gasteiger partial charge in [-0.3, -0.25) is 0 Å². The smallest absolute Gasteiger partial charge is 0.201 e.